The smallest absolute Gasteiger partial charge is 0.187 e. The van der Waals surface area contributed by atoms with Crippen LogP contribution in [-0.2, 0) is 6.42 Å². The average Bonchev–Trinajstić information content (AvgIpc) is 3.25. The van der Waals surface area contributed by atoms with Crippen molar-refractivity contribution in [2.24, 2.45) is 0 Å². The number of nitrogens with zero attached hydrogens (tertiary/aromatic N) is 2. The summed E-state index contributed by atoms with van der Waals surface area (Å²) < 4.78 is 5.79. The maximum absolute atomic E-state index is 12.6. The Kier molecular flexibility index (Phi) is 4.92. The number of nitrogens with one attached hydrogen (secondary N) is 2. The summed E-state index contributed by atoms with van der Waals surface area (Å²) in [6.07, 6.45) is 2.14. The van der Waals surface area contributed by atoms with Crippen molar-refractivity contribution in [2.75, 3.05) is 0 Å². The standard InChI is InChI=1S/C23H24N4O2/c1-13(2)29-19-7-5-6-17(10-19)20-11-18-8-16(12-24-23(18)25-20)9-21(28)22-14(3)15(4)26-27-22/h5-8,10-13H,9H2,1-4H3,(H,24,25)(H,26,27). The van der Waals surface area contributed by atoms with E-state index in [0.29, 0.717) is 5.69 Å². The average molecular weight is 388 g/mol. The number of hydrogen-bond donors (Lipinski definition) is 2. The molecule has 0 fully saturated rings. The van der Waals surface area contributed by atoms with Crippen LogP contribution in [0.4, 0.5) is 0 Å². The van der Waals surface area contributed by atoms with Gasteiger partial charge in [-0.3, -0.25) is 9.89 Å². The first-order valence-electron chi connectivity index (χ1n) is 9.70. The zero-order chi connectivity index (χ0) is 20.5. The van der Waals surface area contributed by atoms with Crippen molar-refractivity contribution in [3.8, 4) is 17.0 Å². The summed E-state index contributed by atoms with van der Waals surface area (Å²) in [5, 5.41) is 7.97. The van der Waals surface area contributed by atoms with Crippen molar-refractivity contribution < 1.29 is 9.53 Å². The van der Waals surface area contributed by atoms with Crippen LogP contribution >= 0.6 is 0 Å². The highest BCUT2D eigenvalue weighted by Crippen LogP contribution is 2.27. The van der Waals surface area contributed by atoms with E-state index in [-0.39, 0.29) is 18.3 Å². The monoisotopic (exact) mass is 388 g/mol. The van der Waals surface area contributed by atoms with Gasteiger partial charge in [0.05, 0.1) is 6.10 Å². The van der Waals surface area contributed by atoms with Gasteiger partial charge in [0, 0.05) is 40.5 Å². The number of Topliss-reactive ketones (excluding diaryl/α,β-unsaturated/α-hetero) is 1. The van der Waals surface area contributed by atoms with Gasteiger partial charge in [-0.2, -0.15) is 5.10 Å². The zero-order valence-electron chi connectivity index (χ0n) is 17.0. The summed E-state index contributed by atoms with van der Waals surface area (Å²) in [5.41, 5.74) is 5.96. The molecule has 29 heavy (non-hydrogen) atoms. The van der Waals surface area contributed by atoms with E-state index in [4.69, 9.17) is 4.74 Å². The fourth-order valence-electron chi connectivity index (χ4n) is 3.35. The highest BCUT2D eigenvalue weighted by molar-refractivity contribution is 5.97. The topological polar surface area (TPSA) is 83.7 Å². The predicted octanol–water partition coefficient (Wildman–Crippen LogP) is 4.78. The van der Waals surface area contributed by atoms with Crippen LogP contribution < -0.4 is 4.74 Å². The Morgan fingerprint density at radius 3 is 2.72 bits per heavy atom. The molecule has 4 rings (SSSR count). The number of pyridine rings is 1. The zero-order valence-corrected chi connectivity index (χ0v) is 17.0. The Hall–Kier alpha value is -3.41. The lowest BCUT2D eigenvalue weighted by Crippen LogP contribution is -2.06. The van der Waals surface area contributed by atoms with Crippen LogP contribution in [0.1, 0.15) is 41.2 Å². The lowest BCUT2D eigenvalue weighted by Gasteiger charge is -2.10. The third kappa shape index (κ3) is 3.92. The van der Waals surface area contributed by atoms with Crippen molar-refractivity contribution in [3.63, 3.8) is 0 Å². The fraction of sp³-hybridized carbons (Fsp3) is 0.261. The first-order chi connectivity index (χ1) is 13.9. The number of carbonyl (C=O) groups excluding carboxylic acids is 1. The molecule has 0 radical (unpaired) electrons. The van der Waals surface area contributed by atoms with E-state index in [2.05, 4.69) is 26.2 Å². The summed E-state index contributed by atoms with van der Waals surface area (Å²) in [6, 6.07) is 12.0. The molecule has 148 valence electrons. The molecule has 0 unspecified atom stereocenters. The number of aromatic amines is 2. The lowest BCUT2D eigenvalue weighted by molar-refractivity contribution is 0.0987. The molecular formula is C23H24N4O2. The molecule has 2 N–H and O–H groups in total. The lowest BCUT2D eigenvalue weighted by atomic mass is 10.0. The molecule has 0 spiro atoms. The molecule has 6 nitrogen and oxygen atoms in total. The molecule has 0 bridgehead atoms. The van der Waals surface area contributed by atoms with Gasteiger partial charge in [-0.1, -0.05) is 12.1 Å². The predicted molar refractivity (Wildman–Crippen MR) is 113 cm³/mol. The summed E-state index contributed by atoms with van der Waals surface area (Å²) >= 11 is 0. The van der Waals surface area contributed by atoms with Gasteiger partial charge in [0.1, 0.15) is 17.1 Å². The number of aryl methyl sites for hydroxylation is 1. The first-order valence-corrected chi connectivity index (χ1v) is 9.70. The molecule has 0 saturated carbocycles. The van der Waals surface area contributed by atoms with Crippen molar-refractivity contribution in [1.29, 1.82) is 0 Å². The number of benzene rings is 1. The van der Waals surface area contributed by atoms with E-state index in [1.807, 2.05) is 58.0 Å². The molecule has 0 amide bonds. The number of hydrogen-bond acceptors (Lipinski definition) is 4. The molecule has 4 aromatic rings. The van der Waals surface area contributed by atoms with Crippen molar-refractivity contribution in [3.05, 3.63) is 65.1 Å². The van der Waals surface area contributed by atoms with E-state index in [1.54, 1.807) is 6.20 Å². The molecule has 0 atom stereocenters. The van der Waals surface area contributed by atoms with Gasteiger partial charge in [0.2, 0.25) is 0 Å². The van der Waals surface area contributed by atoms with Crippen LogP contribution in [0.15, 0.2) is 42.6 Å². The number of fused-ring (bicyclic) bond motifs is 1. The third-order valence-corrected chi connectivity index (χ3v) is 4.93. The van der Waals surface area contributed by atoms with Gasteiger partial charge in [-0.05, 0) is 57.5 Å². The molecule has 3 aromatic heterocycles. The number of ketones is 1. The quantitative estimate of drug-likeness (QED) is 0.466. The number of carbonyl (C=O) groups is 1. The van der Waals surface area contributed by atoms with Crippen LogP contribution in [0, 0.1) is 13.8 Å². The summed E-state index contributed by atoms with van der Waals surface area (Å²) in [4.78, 5) is 20.5. The minimum absolute atomic E-state index is 0.0118. The molecule has 6 heteroatoms. The van der Waals surface area contributed by atoms with Crippen molar-refractivity contribution in [1.82, 2.24) is 20.2 Å². The minimum atomic E-state index is -0.0118. The minimum Gasteiger partial charge on any atom is -0.491 e. The van der Waals surface area contributed by atoms with E-state index in [0.717, 1.165) is 44.9 Å². The highest BCUT2D eigenvalue weighted by atomic mass is 16.5. The molecule has 0 aliphatic heterocycles. The van der Waals surface area contributed by atoms with Gasteiger partial charge >= 0.3 is 0 Å². The number of ether oxygens (including phenoxy) is 1. The Balaban J connectivity index is 1.59. The van der Waals surface area contributed by atoms with E-state index in [9.17, 15) is 4.79 Å². The van der Waals surface area contributed by atoms with Gasteiger partial charge in [-0.25, -0.2) is 4.98 Å². The second-order valence-corrected chi connectivity index (χ2v) is 7.58. The van der Waals surface area contributed by atoms with Crippen LogP contribution in [0.25, 0.3) is 22.3 Å². The Bertz CT molecular complexity index is 1190. The van der Waals surface area contributed by atoms with Gasteiger partial charge in [-0.15, -0.1) is 0 Å². The molecule has 1 aromatic carbocycles. The second kappa shape index (κ2) is 7.54. The normalized spacial score (nSPS) is 11.3. The maximum Gasteiger partial charge on any atom is 0.187 e. The van der Waals surface area contributed by atoms with Crippen LogP contribution in [0.2, 0.25) is 0 Å². The second-order valence-electron chi connectivity index (χ2n) is 7.58. The third-order valence-electron chi connectivity index (χ3n) is 4.93. The van der Waals surface area contributed by atoms with Crippen molar-refractivity contribution in [2.45, 2.75) is 40.2 Å². The first kappa shape index (κ1) is 18.9. The summed E-state index contributed by atoms with van der Waals surface area (Å²) in [7, 11) is 0. The van der Waals surface area contributed by atoms with Crippen LogP contribution in [-0.4, -0.2) is 32.1 Å². The Morgan fingerprint density at radius 1 is 1.17 bits per heavy atom. The molecule has 0 saturated heterocycles. The van der Waals surface area contributed by atoms with E-state index in [1.165, 1.54) is 0 Å². The largest absolute Gasteiger partial charge is 0.491 e. The van der Waals surface area contributed by atoms with Gasteiger partial charge in [0.25, 0.3) is 0 Å². The van der Waals surface area contributed by atoms with E-state index < -0.39 is 0 Å². The van der Waals surface area contributed by atoms with Crippen LogP contribution in [0.5, 0.6) is 5.75 Å². The van der Waals surface area contributed by atoms with E-state index >= 15 is 0 Å². The number of H-pyrrole nitrogens is 2. The molecular weight excluding hydrogens is 364 g/mol. The molecule has 0 aliphatic rings. The number of aromatic nitrogens is 4. The fourth-order valence-corrected chi connectivity index (χ4v) is 3.35. The van der Waals surface area contributed by atoms with Crippen LogP contribution in [0.3, 0.4) is 0 Å². The Labute approximate surface area is 169 Å². The highest BCUT2D eigenvalue weighted by Gasteiger charge is 2.16. The van der Waals surface area contributed by atoms with Gasteiger partial charge < -0.3 is 9.72 Å². The number of rotatable bonds is 6. The summed E-state index contributed by atoms with van der Waals surface area (Å²) in [5.74, 6) is 0.822. The maximum atomic E-state index is 12.6. The Morgan fingerprint density at radius 2 is 2.00 bits per heavy atom. The molecule has 0 aliphatic carbocycles. The van der Waals surface area contributed by atoms with Gasteiger partial charge in [0.15, 0.2) is 5.78 Å². The molecule has 3 heterocycles. The SMILES string of the molecule is Cc1[nH]nc(C(=O)Cc2cnc3[nH]c(-c4cccc(OC(C)C)c4)cc3c2)c1C. The summed E-state index contributed by atoms with van der Waals surface area (Å²) in [6.45, 7) is 7.83. The van der Waals surface area contributed by atoms with Crippen molar-refractivity contribution >= 4 is 16.8 Å².